The van der Waals surface area contributed by atoms with Gasteiger partial charge < -0.3 is 5.32 Å². The Balaban J connectivity index is 1.79. The average molecular weight is 262 g/mol. The van der Waals surface area contributed by atoms with Gasteiger partial charge in [0.2, 0.25) is 0 Å². The van der Waals surface area contributed by atoms with E-state index >= 15 is 0 Å². The lowest BCUT2D eigenvalue weighted by Crippen LogP contribution is -2.18. The summed E-state index contributed by atoms with van der Waals surface area (Å²) < 4.78 is 0. The Hall–Kier alpha value is -2.35. The van der Waals surface area contributed by atoms with Crippen molar-refractivity contribution in [1.29, 1.82) is 0 Å². The van der Waals surface area contributed by atoms with Gasteiger partial charge in [-0.15, -0.1) is 0 Å². The Labute approximate surface area is 119 Å². The van der Waals surface area contributed by atoms with Crippen molar-refractivity contribution in [2.45, 2.75) is 19.4 Å². The smallest absolute Gasteiger partial charge is 0.134 e. The molecular formula is C18H18N2. The van der Waals surface area contributed by atoms with Crippen LogP contribution in [0, 0.1) is 0 Å². The summed E-state index contributed by atoms with van der Waals surface area (Å²) in [7, 11) is 0. The number of hydrogen-bond donors (Lipinski definition) is 1. The van der Waals surface area contributed by atoms with Gasteiger partial charge in [-0.2, -0.15) is 0 Å². The largest absolute Gasteiger partial charge is 0.367 e. The van der Waals surface area contributed by atoms with E-state index in [1.54, 1.807) is 0 Å². The molecule has 2 heteroatoms. The molecule has 0 fully saturated rings. The van der Waals surface area contributed by atoms with Crippen LogP contribution in [0.25, 0.3) is 10.8 Å². The second-order valence-corrected chi connectivity index (χ2v) is 5.12. The number of hydrogen-bond acceptors (Lipinski definition) is 2. The summed E-state index contributed by atoms with van der Waals surface area (Å²) in [6.07, 6.45) is 2.85. The number of aromatic nitrogens is 1. The van der Waals surface area contributed by atoms with Crippen LogP contribution in [0.4, 0.5) is 5.82 Å². The van der Waals surface area contributed by atoms with Gasteiger partial charge in [0.25, 0.3) is 0 Å². The molecule has 1 N–H and O–H groups in total. The van der Waals surface area contributed by atoms with Gasteiger partial charge in [-0.3, -0.25) is 0 Å². The van der Waals surface area contributed by atoms with E-state index in [1.807, 2.05) is 18.3 Å². The van der Waals surface area contributed by atoms with Crippen molar-refractivity contribution in [1.82, 2.24) is 4.98 Å². The molecule has 0 aliphatic carbocycles. The van der Waals surface area contributed by atoms with Gasteiger partial charge in [0.15, 0.2) is 0 Å². The van der Waals surface area contributed by atoms with Crippen molar-refractivity contribution in [3.05, 3.63) is 72.4 Å². The van der Waals surface area contributed by atoms with Crippen molar-refractivity contribution in [2.24, 2.45) is 0 Å². The number of nitrogens with one attached hydrogen (secondary N) is 1. The van der Waals surface area contributed by atoms with Crippen LogP contribution in [0.2, 0.25) is 0 Å². The van der Waals surface area contributed by atoms with Crippen molar-refractivity contribution in [3.8, 4) is 0 Å². The number of rotatable bonds is 4. The van der Waals surface area contributed by atoms with Crippen LogP contribution in [0.5, 0.6) is 0 Å². The highest BCUT2D eigenvalue weighted by Crippen LogP contribution is 2.21. The number of fused-ring (bicyclic) bond motifs is 1. The molecule has 1 unspecified atom stereocenters. The van der Waals surface area contributed by atoms with Crippen LogP contribution in [0.15, 0.2) is 66.9 Å². The van der Waals surface area contributed by atoms with Crippen LogP contribution >= 0.6 is 0 Å². The van der Waals surface area contributed by atoms with Crippen LogP contribution in [-0.2, 0) is 6.42 Å². The Morgan fingerprint density at radius 1 is 0.950 bits per heavy atom. The average Bonchev–Trinajstić information content (AvgIpc) is 2.48. The lowest BCUT2D eigenvalue weighted by Gasteiger charge is -2.16. The van der Waals surface area contributed by atoms with Crippen molar-refractivity contribution >= 4 is 16.6 Å². The quantitative estimate of drug-likeness (QED) is 0.759. The fourth-order valence-electron chi connectivity index (χ4n) is 2.49. The van der Waals surface area contributed by atoms with Crippen LogP contribution in [0.1, 0.15) is 12.5 Å². The first kappa shape index (κ1) is 12.7. The third kappa shape index (κ3) is 2.80. The van der Waals surface area contributed by atoms with Crippen LogP contribution in [0.3, 0.4) is 0 Å². The molecule has 0 radical (unpaired) electrons. The number of anilines is 1. The molecule has 2 aromatic carbocycles. The van der Waals surface area contributed by atoms with Gasteiger partial charge in [0.1, 0.15) is 5.82 Å². The molecule has 0 aliphatic rings. The molecule has 0 amide bonds. The molecule has 0 saturated heterocycles. The highest BCUT2D eigenvalue weighted by atomic mass is 15.0. The SMILES string of the molecule is CC(Cc1ccccc1)Nc1nccc2ccccc12. The molecular weight excluding hydrogens is 244 g/mol. The summed E-state index contributed by atoms with van der Waals surface area (Å²) >= 11 is 0. The molecule has 100 valence electrons. The maximum Gasteiger partial charge on any atom is 0.134 e. The molecule has 0 spiro atoms. The molecule has 1 aromatic heterocycles. The maximum absolute atomic E-state index is 4.48. The van der Waals surface area contributed by atoms with E-state index in [1.165, 1.54) is 16.3 Å². The second-order valence-electron chi connectivity index (χ2n) is 5.12. The summed E-state index contributed by atoms with van der Waals surface area (Å²) in [5, 5.41) is 5.92. The minimum absolute atomic E-state index is 0.343. The maximum atomic E-state index is 4.48. The summed E-state index contributed by atoms with van der Waals surface area (Å²) in [4.78, 5) is 4.48. The number of pyridine rings is 1. The molecule has 3 aromatic rings. The zero-order chi connectivity index (χ0) is 13.8. The Morgan fingerprint density at radius 3 is 2.55 bits per heavy atom. The summed E-state index contributed by atoms with van der Waals surface area (Å²) in [5.74, 6) is 0.964. The number of benzene rings is 2. The predicted molar refractivity (Wildman–Crippen MR) is 85.0 cm³/mol. The molecule has 2 nitrogen and oxygen atoms in total. The molecule has 1 atom stereocenters. The Bertz CT molecular complexity index is 687. The first-order valence-corrected chi connectivity index (χ1v) is 6.97. The second kappa shape index (κ2) is 5.74. The summed E-state index contributed by atoms with van der Waals surface area (Å²) in [6.45, 7) is 2.19. The Kier molecular flexibility index (Phi) is 3.64. The standard InChI is InChI=1S/C18H18N2/c1-14(13-15-7-3-2-4-8-15)20-18-17-10-6-5-9-16(17)11-12-19-18/h2-12,14H,13H2,1H3,(H,19,20). The monoisotopic (exact) mass is 262 g/mol. The highest BCUT2D eigenvalue weighted by Gasteiger charge is 2.07. The molecule has 3 rings (SSSR count). The fraction of sp³-hybridized carbons (Fsp3) is 0.167. The van der Waals surface area contributed by atoms with E-state index in [0.717, 1.165) is 12.2 Å². The predicted octanol–water partition coefficient (Wildman–Crippen LogP) is 4.28. The van der Waals surface area contributed by atoms with E-state index < -0.39 is 0 Å². The minimum atomic E-state index is 0.343. The molecule has 20 heavy (non-hydrogen) atoms. The van der Waals surface area contributed by atoms with Crippen molar-refractivity contribution in [3.63, 3.8) is 0 Å². The minimum Gasteiger partial charge on any atom is -0.367 e. The van der Waals surface area contributed by atoms with Crippen LogP contribution in [-0.4, -0.2) is 11.0 Å². The first-order valence-electron chi connectivity index (χ1n) is 6.97. The molecule has 0 aliphatic heterocycles. The van der Waals surface area contributed by atoms with Gasteiger partial charge >= 0.3 is 0 Å². The zero-order valence-electron chi connectivity index (χ0n) is 11.6. The van der Waals surface area contributed by atoms with E-state index in [-0.39, 0.29) is 0 Å². The van der Waals surface area contributed by atoms with Gasteiger partial charge in [-0.1, -0.05) is 54.6 Å². The van der Waals surface area contributed by atoms with E-state index in [2.05, 4.69) is 65.8 Å². The molecule has 0 bridgehead atoms. The third-order valence-corrected chi connectivity index (χ3v) is 3.44. The highest BCUT2D eigenvalue weighted by molar-refractivity contribution is 5.91. The fourth-order valence-corrected chi connectivity index (χ4v) is 2.49. The first-order chi connectivity index (χ1) is 9.83. The van der Waals surface area contributed by atoms with Gasteiger partial charge in [0.05, 0.1) is 0 Å². The lowest BCUT2D eigenvalue weighted by atomic mass is 10.1. The third-order valence-electron chi connectivity index (χ3n) is 3.44. The summed E-state index contributed by atoms with van der Waals surface area (Å²) in [5.41, 5.74) is 1.34. The van der Waals surface area contributed by atoms with Gasteiger partial charge in [-0.05, 0) is 30.4 Å². The van der Waals surface area contributed by atoms with E-state index in [0.29, 0.717) is 6.04 Å². The van der Waals surface area contributed by atoms with E-state index in [4.69, 9.17) is 0 Å². The Morgan fingerprint density at radius 2 is 1.70 bits per heavy atom. The summed E-state index contributed by atoms with van der Waals surface area (Å²) in [6, 6.07) is 21.3. The normalized spacial score (nSPS) is 12.2. The van der Waals surface area contributed by atoms with Crippen molar-refractivity contribution < 1.29 is 0 Å². The van der Waals surface area contributed by atoms with Crippen molar-refractivity contribution in [2.75, 3.05) is 5.32 Å². The zero-order valence-corrected chi connectivity index (χ0v) is 11.6. The molecule has 1 heterocycles. The molecule has 0 saturated carbocycles. The van der Waals surface area contributed by atoms with E-state index in [9.17, 15) is 0 Å². The van der Waals surface area contributed by atoms with Gasteiger partial charge in [-0.25, -0.2) is 4.98 Å². The van der Waals surface area contributed by atoms with Crippen LogP contribution < -0.4 is 5.32 Å². The van der Waals surface area contributed by atoms with Gasteiger partial charge in [0, 0.05) is 17.6 Å². The lowest BCUT2D eigenvalue weighted by molar-refractivity contribution is 0.786. The topological polar surface area (TPSA) is 24.9 Å². The number of nitrogens with zero attached hydrogens (tertiary/aromatic N) is 1.